The maximum Gasteiger partial charge on any atom is 0.161 e. The van der Waals surface area contributed by atoms with Crippen LogP contribution in [0.4, 0.5) is 0 Å². The predicted octanol–water partition coefficient (Wildman–Crippen LogP) is 3.03. The van der Waals surface area contributed by atoms with Crippen molar-refractivity contribution in [2.24, 2.45) is 11.8 Å². The summed E-state index contributed by atoms with van der Waals surface area (Å²) in [5.74, 6) is 2.61. The predicted molar refractivity (Wildman–Crippen MR) is 91.1 cm³/mol. The van der Waals surface area contributed by atoms with Crippen LogP contribution in [0.1, 0.15) is 43.9 Å². The van der Waals surface area contributed by atoms with E-state index in [1.54, 1.807) is 14.2 Å². The highest BCUT2D eigenvalue weighted by molar-refractivity contribution is 5.49. The number of rotatable bonds is 4. The number of methoxy groups -OCH3 is 2. The van der Waals surface area contributed by atoms with Gasteiger partial charge in [0.15, 0.2) is 11.5 Å². The van der Waals surface area contributed by atoms with E-state index in [1.807, 2.05) is 0 Å². The molecule has 2 aliphatic rings. The molecule has 23 heavy (non-hydrogen) atoms. The topological polar surface area (TPSA) is 41.9 Å². The number of nitrogens with zero attached hydrogens (tertiary/aromatic N) is 1. The van der Waals surface area contributed by atoms with Gasteiger partial charge in [-0.25, -0.2) is 0 Å². The Bertz CT molecular complexity index is 558. The van der Waals surface area contributed by atoms with E-state index in [0.717, 1.165) is 43.9 Å². The van der Waals surface area contributed by atoms with Crippen LogP contribution in [0.15, 0.2) is 12.1 Å². The number of hydrogen-bond acceptors (Lipinski definition) is 4. The van der Waals surface area contributed by atoms with Crippen LogP contribution < -0.4 is 9.47 Å². The second kappa shape index (κ2) is 6.70. The fraction of sp³-hybridized carbons (Fsp3) is 0.684. The zero-order chi connectivity index (χ0) is 16.6. The summed E-state index contributed by atoms with van der Waals surface area (Å²) in [7, 11) is 3.36. The van der Waals surface area contributed by atoms with Gasteiger partial charge in [-0.3, -0.25) is 4.90 Å². The lowest BCUT2D eigenvalue weighted by molar-refractivity contribution is -0.0191. The summed E-state index contributed by atoms with van der Waals surface area (Å²) in [6.45, 7) is 6.54. The van der Waals surface area contributed by atoms with Crippen LogP contribution in [-0.2, 0) is 6.42 Å². The molecule has 0 amide bonds. The number of fused-ring (bicyclic) bond motifs is 3. The molecule has 4 heteroatoms. The molecule has 0 saturated carbocycles. The third kappa shape index (κ3) is 3.20. The summed E-state index contributed by atoms with van der Waals surface area (Å²) in [5, 5.41) is 10.6. The van der Waals surface area contributed by atoms with E-state index in [-0.39, 0.29) is 6.10 Å². The van der Waals surface area contributed by atoms with Gasteiger partial charge in [-0.2, -0.15) is 0 Å². The van der Waals surface area contributed by atoms with Gasteiger partial charge in [-0.05, 0) is 54.4 Å². The molecule has 1 saturated heterocycles. The minimum absolute atomic E-state index is 0.210. The molecule has 128 valence electrons. The Labute approximate surface area is 139 Å². The largest absolute Gasteiger partial charge is 0.493 e. The summed E-state index contributed by atoms with van der Waals surface area (Å²) in [6, 6.07) is 4.52. The average molecular weight is 319 g/mol. The van der Waals surface area contributed by atoms with Gasteiger partial charge < -0.3 is 14.6 Å². The van der Waals surface area contributed by atoms with Crippen molar-refractivity contribution in [3.63, 3.8) is 0 Å². The quantitative estimate of drug-likeness (QED) is 0.926. The molecule has 0 radical (unpaired) electrons. The first kappa shape index (κ1) is 16.6. The maximum atomic E-state index is 10.6. The smallest absolute Gasteiger partial charge is 0.161 e. The Balaban J connectivity index is 1.87. The van der Waals surface area contributed by atoms with Gasteiger partial charge in [0.2, 0.25) is 0 Å². The first-order valence-electron chi connectivity index (χ1n) is 8.70. The average Bonchev–Trinajstić information content (AvgIpc) is 2.53. The highest BCUT2D eigenvalue weighted by Gasteiger charge is 2.38. The number of aliphatic hydroxyl groups is 1. The maximum absolute atomic E-state index is 10.6. The second-order valence-corrected chi connectivity index (χ2v) is 7.36. The summed E-state index contributed by atoms with van der Waals surface area (Å²) in [4.78, 5) is 2.55. The fourth-order valence-corrected chi connectivity index (χ4v) is 4.26. The van der Waals surface area contributed by atoms with Crippen LogP contribution in [0.3, 0.4) is 0 Å². The highest BCUT2D eigenvalue weighted by Crippen LogP contribution is 2.43. The lowest BCUT2D eigenvalue weighted by atomic mass is 9.79. The Kier molecular flexibility index (Phi) is 4.83. The van der Waals surface area contributed by atoms with Crippen molar-refractivity contribution in [2.45, 2.75) is 45.3 Å². The molecule has 1 N–H and O–H groups in total. The molecular weight excluding hydrogens is 290 g/mol. The molecule has 3 rings (SSSR count). The van der Waals surface area contributed by atoms with Crippen LogP contribution in [-0.4, -0.2) is 43.4 Å². The zero-order valence-electron chi connectivity index (χ0n) is 14.7. The van der Waals surface area contributed by atoms with E-state index in [2.05, 4.69) is 30.9 Å². The first-order chi connectivity index (χ1) is 11.0. The molecule has 0 bridgehead atoms. The zero-order valence-corrected chi connectivity index (χ0v) is 14.7. The second-order valence-electron chi connectivity index (χ2n) is 7.36. The van der Waals surface area contributed by atoms with E-state index < -0.39 is 0 Å². The lowest BCUT2D eigenvalue weighted by Gasteiger charge is -2.46. The Morgan fingerprint density at radius 2 is 1.91 bits per heavy atom. The SMILES string of the molecule is COc1cc2c(cc1OC)C1C[C@@H](O)[C@@H](CC(C)C)CN1CC2. The molecule has 1 aromatic rings. The third-order valence-electron chi connectivity index (χ3n) is 5.37. The van der Waals surface area contributed by atoms with E-state index in [4.69, 9.17) is 9.47 Å². The van der Waals surface area contributed by atoms with Gasteiger partial charge >= 0.3 is 0 Å². The molecule has 2 heterocycles. The molecule has 1 unspecified atom stereocenters. The van der Waals surface area contributed by atoms with Crippen molar-refractivity contribution >= 4 is 0 Å². The first-order valence-corrected chi connectivity index (χ1v) is 8.70. The van der Waals surface area contributed by atoms with Gasteiger partial charge in [0, 0.05) is 19.1 Å². The summed E-state index contributed by atoms with van der Waals surface area (Å²) >= 11 is 0. The molecule has 3 atom stereocenters. The van der Waals surface area contributed by atoms with Crippen LogP contribution in [0.2, 0.25) is 0 Å². The molecule has 2 aliphatic heterocycles. The fourth-order valence-electron chi connectivity index (χ4n) is 4.26. The number of piperidine rings is 1. The number of benzene rings is 1. The van der Waals surface area contributed by atoms with E-state index in [1.165, 1.54) is 11.1 Å². The summed E-state index contributed by atoms with van der Waals surface area (Å²) in [6.07, 6.45) is 2.75. The minimum atomic E-state index is -0.210. The number of ether oxygens (including phenoxy) is 2. The lowest BCUT2D eigenvalue weighted by Crippen LogP contribution is -2.48. The van der Waals surface area contributed by atoms with Gasteiger partial charge in [-0.15, -0.1) is 0 Å². The monoisotopic (exact) mass is 319 g/mol. The summed E-state index contributed by atoms with van der Waals surface area (Å²) < 4.78 is 10.9. The van der Waals surface area contributed by atoms with Crippen molar-refractivity contribution in [2.75, 3.05) is 27.3 Å². The molecule has 4 nitrogen and oxygen atoms in total. The molecular formula is C19H29NO3. The molecule has 1 fully saturated rings. The molecule has 1 aromatic carbocycles. The number of hydrogen-bond donors (Lipinski definition) is 1. The van der Waals surface area contributed by atoms with Gasteiger partial charge in [-0.1, -0.05) is 13.8 Å². The van der Waals surface area contributed by atoms with Gasteiger partial charge in [0.1, 0.15) is 0 Å². The van der Waals surface area contributed by atoms with Crippen LogP contribution in [0, 0.1) is 11.8 Å². The minimum Gasteiger partial charge on any atom is -0.493 e. The van der Waals surface area contributed by atoms with Crippen molar-refractivity contribution in [1.82, 2.24) is 4.90 Å². The standard InChI is InChI=1S/C19H29NO3/c1-12(2)7-14-11-20-6-5-13-8-18(22-3)19(23-4)9-15(13)16(20)10-17(14)21/h8-9,12,14,16-17,21H,5-7,10-11H2,1-4H3/t14-,16?,17+/m0/s1. The van der Waals surface area contributed by atoms with Crippen molar-refractivity contribution in [3.05, 3.63) is 23.3 Å². The van der Waals surface area contributed by atoms with Crippen molar-refractivity contribution < 1.29 is 14.6 Å². The third-order valence-corrected chi connectivity index (χ3v) is 5.37. The highest BCUT2D eigenvalue weighted by atomic mass is 16.5. The Morgan fingerprint density at radius 3 is 2.57 bits per heavy atom. The van der Waals surface area contributed by atoms with Crippen LogP contribution in [0.25, 0.3) is 0 Å². The van der Waals surface area contributed by atoms with E-state index >= 15 is 0 Å². The van der Waals surface area contributed by atoms with Gasteiger partial charge in [0.05, 0.1) is 20.3 Å². The molecule has 0 aromatic heterocycles. The van der Waals surface area contributed by atoms with Crippen molar-refractivity contribution in [3.8, 4) is 11.5 Å². The van der Waals surface area contributed by atoms with E-state index in [0.29, 0.717) is 17.9 Å². The number of aliphatic hydroxyl groups excluding tert-OH is 1. The molecule has 0 aliphatic carbocycles. The summed E-state index contributed by atoms with van der Waals surface area (Å²) in [5.41, 5.74) is 2.63. The van der Waals surface area contributed by atoms with Crippen LogP contribution in [0.5, 0.6) is 11.5 Å². The van der Waals surface area contributed by atoms with Gasteiger partial charge in [0.25, 0.3) is 0 Å². The van der Waals surface area contributed by atoms with E-state index in [9.17, 15) is 5.11 Å². The normalized spacial score (nSPS) is 27.5. The Hall–Kier alpha value is -1.26. The molecule has 0 spiro atoms. The van der Waals surface area contributed by atoms with Crippen molar-refractivity contribution in [1.29, 1.82) is 0 Å². The Morgan fingerprint density at radius 1 is 1.22 bits per heavy atom. The van der Waals surface area contributed by atoms with Crippen LogP contribution >= 0.6 is 0 Å².